The average molecular weight is 257 g/mol. The third-order valence-corrected chi connectivity index (χ3v) is 4.07. The van der Waals surface area contributed by atoms with Crippen LogP contribution in [0.3, 0.4) is 0 Å². The molecule has 19 heavy (non-hydrogen) atoms. The van der Waals surface area contributed by atoms with Gasteiger partial charge in [0.1, 0.15) is 5.58 Å². The summed E-state index contributed by atoms with van der Waals surface area (Å²) in [7, 11) is 0. The summed E-state index contributed by atoms with van der Waals surface area (Å²) in [6, 6.07) is 9.53. The number of ketones is 1. The summed E-state index contributed by atoms with van der Waals surface area (Å²) < 4.78 is 5.67. The molecule has 1 heterocycles. The zero-order valence-corrected chi connectivity index (χ0v) is 11.0. The Hall–Kier alpha value is -1.61. The fraction of sp³-hybridized carbons (Fsp3) is 0.438. The monoisotopic (exact) mass is 257 g/mol. The Kier molecular flexibility index (Phi) is 3.38. The SMILES string of the molecule is NC1CCCCCC1C(=O)c1cc2ccccc2o1. The van der Waals surface area contributed by atoms with Crippen LogP contribution in [0.5, 0.6) is 0 Å². The third kappa shape index (κ3) is 2.43. The number of rotatable bonds is 2. The zero-order chi connectivity index (χ0) is 13.2. The van der Waals surface area contributed by atoms with Gasteiger partial charge in [-0.15, -0.1) is 0 Å². The highest BCUT2D eigenvalue weighted by Crippen LogP contribution is 2.28. The number of para-hydroxylation sites is 1. The van der Waals surface area contributed by atoms with E-state index in [1.165, 1.54) is 6.42 Å². The summed E-state index contributed by atoms with van der Waals surface area (Å²) in [6.07, 6.45) is 5.22. The van der Waals surface area contributed by atoms with Crippen LogP contribution in [-0.2, 0) is 0 Å². The molecule has 100 valence electrons. The molecule has 3 nitrogen and oxygen atoms in total. The van der Waals surface area contributed by atoms with Crippen molar-refractivity contribution in [1.29, 1.82) is 0 Å². The van der Waals surface area contributed by atoms with E-state index in [-0.39, 0.29) is 17.7 Å². The van der Waals surface area contributed by atoms with Gasteiger partial charge in [0.2, 0.25) is 5.78 Å². The molecule has 2 aromatic rings. The van der Waals surface area contributed by atoms with Crippen molar-refractivity contribution in [2.75, 3.05) is 0 Å². The molecular formula is C16H19NO2. The zero-order valence-electron chi connectivity index (χ0n) is 11.0. The number of fused-ring (bicyclic) bond motifs is 1. The van der Waals surface area contributed by atoms with Gasteiger partial charge in [-0.25, -0.2) is 0 Å². The van der Waals surface area contributed by atoms with E-state index in [1.807, 2.05) is 30.3 Å². The predicted molar refractivity (Wildman–Crippen MR) is 75.1 cm³/mol. The fourth-order valence-electron chi connectivity index (χ4n) is 2.95. The molecule has 2 N–H and O–H groups in total. The smallest absolute Gasteiger partial charge is 0.202 e. The van der Waals surface area contributed by atoms with E-state index < -0.39 is 0 Å². The second-order valence-electron chi connectivity index (χ2n) is 5.42. The van der Waals surface area contributed by atoms with Gasteiger partial charge in [0.25, 0.3) is 0 Å². The summed E-state index contributed by atoms with van der Waals surface area (Å²) in [5, 5.41) is 0.980. The van der Waals surface area contributed by atoms with Gasteiger partial charge >= 0.3 is 0 Å². The number of nitrogens with two attached hydrogens (primary N) is 1. The molecule has 1 saturated carbocycles. The first-order valence-electron chi connectivity index (χ1n) is 7.04. The molecule has 2 unspecified atom stereocenters. The Morgan fingerprint density at radius 3 is 2.79 bits per heavy atom. The Balaban J connectivity index is 1.89. The number of benzene rings is 1. The number of carbonyl (C=O) groups excluding carboxylic acids is 1. The van der Waals surface area contributed by atoms with Crippen LogP contribution in [0.1, 0.15) is 42.7 Å². The molecule has 0 aliphatic heterocycles. The lowest BCUT2D eigenvalue weighted by Gasteiger charge is -2.18. The number of furan rings is 1. The van der Waals surface area contributed by atoms with Crippen molar-refractivity contribution in [3.63, 3.8) is 0 Å². The summed E-state index contributed by atoms with van der Waals surface area (Å²) >= 11 is 0. The van der Waals surface area contributed by atoms with Crippen LogP contribution in [0.4, 0.5) is 0 Å². The summed E-state index contributed by atoms with van der Waals surface area (Å²) in [5.41, 5.74) is 6.92. The largest absolute Gasteiger partial charge is 0.453 e. The molecule has 3 heteroatoms. The van der Waals surface area contributed by atoms with Crippen LogP contribution in [0.2, 0.25) is 0 Å². The minimum absolute atomic E-state index is 0.0248. The first-order chi connectivity index (χ1) is 9.25. The van der Waals surface area contributed by atoms with Gasteiger partial charge < -0.3 is 10.2 Å². The quantitative estimate of drug-likeness (QED) is 0.661. The van der Waals surface area contributed by atoms with Crippen molar-refractivity contribution < 1.29 is 9.21 Å². The molecule has 0 saturated heterocycles. The van der Waals surface area contributed by atoms with Crippen molar-refractivity contribution >= 4 is 16.8 Å². The maximum absolute atomic E-state index is 12.6. The topological polar surface area (TPSA) is 56.2 Å². The maximum atomic E-state index is 12.6. The predicted octanol–water partition coefficient (Wildman–Crippen LogP) is 3.52. The molecule has 0 bridgehead atoms. The number of Topliss-reactive ketones (excluding diaryl/α,β-unsaturated/α-hetero) is 1. The van der Waals surface area contributed by atoms with E-state index in [2.05, 4.69) is 0 Å². The molecule has 1 aromatic carbocycles. The second kappa shape index (κ2) is 5.17. The molecule has 3 rings (SSSR count). The van der Waals surface area contributed by atoms with Gasteiger partial charge in [0.05, 0.1) is 0 Å². The number of hydrogen-bond donors (Lipinski definition) is 1. The minimum Gasteiger partial charge on any atom is -0.453 e. The average Bonchev–Trinajstić information content (AvgIpc) is 2.74. The molecule has 2 atom stereocenters. The Morgan fingerprint density at radius 1 is 1.16 bits per heavy atom. The first-order valence-corrected chi connectivity index (χ1v) is 7.04. The lowest BCUT2D eigenvalue weighted by molar-refractivity contribution is 0.0868. The Labute approximate surface area is 112 Å². The van der Waals surface area contributed by atoms with E-state index in [9.17, 15) is 4.79 Å². The van der Waals surface area contributed by atoms with Crippen molar-refractivity contribution in [3.05, 3.63) is 36.1 Å². The molecule has 1 aliphatic carbocycles. The van der Waals surface area contributed by atoms with Crippen LogP contribution >= 0.6 is 0 Å². The van der Waals surface area contributed by atoms with Crippen molar-refractivity contribution in [3.8, 4) is 0 Å². The normalized spacial score (nSPS) is 24.3. The van der Waals surface area contributed by atoms with E-state index in [1.54, 1.807) is 0 Å². The van der Waals surface area contributed by atoms with Gasteiger partial charge in [-0.05, 0) is 25.0 Å². The van der Waals surface area contributed by atoms with E-state index in [4.69, 9.17) is 10.2 Å². The highest BCUT2D eigenvalue weighted by atomic mass is 16.3. The Morgan fingerprint density at radius 2 is 1.95 bits per heavy atom. The standard InChI is InChI=1S/C16H19NO2/c17-13-8-3-1-2-7-12(13)16(18)15-10-11-6-4-5-9-14(11)19-15/h4-6,9-10,12-13H,1-3,7-8,17H2. The van der Waals surface area contributed by atoms with Gasteiger partial charge in [0.15, 0.2) is 5.76 Å². The van der Waals surface area contributed by atoms with Crippen molar-refractivity contribution in [1.82, 2.24) is 0 Å². The molecular weight excluding hydrogens is 238 g/mol. The van der Waals surface area contributed by atoms with Crippen LogP contribution in [0.15, 0.2) is 34.7 Å². The third-order valence-electron chi connectivity index (χ3n) is 4.07. The summed E-state index contributed by atoms with van der Waals surface area (Å²) in [4.78, 5) is 12.6. The van der Waals surface area contributed by atoms with Gasteiger partial charge in [0, 0.05) is 17.3 Å². The maximum Gasteiger partial charge on any atom is 0.202 e. The Bertz CT molecular complexity index is 554. The summed E-state index contributed by atoms with van der Waals surface area (Å²) in [5.74, 6) is 0.456. The molecule has 1 aliphatic rings. The highest BCUT2D eigenvalue weighted by molar-refractivity contribution is 5.99. The van der Waals surface area contributed by atoms with Crippen LogP contribution in [0, 0.1) is 5.92 Å². The van der Waals surface area contributed by atoms with E-state index in [0.717, 1.165) is 36.7 Å². The van der Waals surface area contributed by atoms with Gasteiger partial charge in [-0.2, -0.15) is 0 Å². The van der Waals surface area contributed by atoms with Gasteiger partial charge in [-0.1, -0.05) is 37.5 Å². The molecule has 1 fully saturated rings. The molecule has 0 spiro atoms. The van der Waals surface area contributed by atoms with E-state index >= 15 is 0 Å². The van der Waals surface area contributed by atoms with E-state index in [0.29, 0.717) is 5.76 Å². The fourth-order valence-corrected chi connectivity index (χ4v) is 2.95. The second-order valence-corrected chi connectivity index (χ2v) is 5.42. The summed E-state index contributed by atoms with van der Waals surface area (Å²) in [6.45, 7) is 0. The minimum atomic E-state index is -0.0805. The van der Waals surface area contributed by atoms with Crippen molar-refractivity contribution in [2.45, 2.75) is 38.1 Å². The van der Waals surface area contributed by atoms with Crippen LogP contribution < -0.4 is 5.73 Å². The first kappa shape index (κ1) is 12.4. The van der Waals surface area contributed by atoms with Crippen LogP contribution in [0.25, 0.3) is 11.0 Å². The molecule has 0 amide bonds. The van der Waals surface area contributed by atoms with Gasteiger partial charge in [-0.3, -0.25) is 4.79 Å². The molecule has 0 radical (unpaired) electrons. The lowest BCUT2D eigenvalue weighted by Crippen LogP contribution is -2.34. The molecule has 1 aromatic heterocycles. The number of carbonyl (C=O) groups is 1. The highest BCUT2D eigenvalue weighted by Gasteiger charge is 2.29. The van der Waals surface area contributed by atoms with Crippen molar-refractivity contribution in [2.24, 2.45) is 11.7 Å². The number of hydrogen-bond acceptors (Lipinski definition) is 3. The van der Waals surface area contributed by atoms with Crippen LogP contribution in [-0.4, -0.2) is 11.8 Å². The lowest BCUT2D eigenvalue weighted by atomic mass is 9.90.